The van der Waals surface area contributed by atoms with Crippen LogP contribution in [0.15, 0.2) is 12.1 Å². The second kappa shape index (κ2) is 7.29. The van der Waals surface area contributed by atoms with E-state index in [2.05, 4.69) is 26.0 Å². The Morgan fingerprint density at radius 3 is 2.53 bits per heavy atom. The molecular formula is C13H21ClS. The SMILES string of the molecule is CCCCCCCC(Cl)c1ccc(C)s1. The molecule has 0 spiro atoms. The van der Waals surface area contributed by atoms with E-state index in [9.17, 15) is 0 Å². The van der Waals surface area contributed by atoms with E-state index in [4.69, 9.17) is 11.6 Å². The summed E-state index contributed by atoms with van der Waals surface area (Å²) in [5.41, 5.74) is 0. The highest BCUT2D eigenvalue weighted by molar-refractivity contribution is 7.12. The van der Waals surface area contributed by atoms with Crippen molar-refractivity contribution in [3.05, 3.63) is 21.9 Å². The van der Waals surface area contributed by atoms with E-state index in [-0.39, 0.29) is 5.38 Å². The molecule has 2 heteroatoms. The van der Waals surface area contributed by atoms with Crippen LogP contribution in [0, 0.1) is 6.92 Å². The van der Waals surface area contributed by atoms with E-state index in [1.54, 1.807) is 0 Å². The van der Waals surface area contributed by atoms with Crippen LogP contribution in [0.2, 0.25) is 0 Å². The van der Waals surface area contributed by atoms with Crippen molar-refractivity contribution in [3.63, 3.8) is 0 Å². The summed E-state index contributed by atoms with van der Waals surface area (Å²) < 4.78 is 0. The Labute approximate surface area is 103 Å². The van der Waals surface area contributed by atoms with Crippen LogP contribution in [0.1, 0.15) is 60.6 Å². The maximum atomic E-state index is 6.34. The van der Waals surface area contributed by atoms with Crippen molar-refractivity contribution >= 4 is 22.9 Å². The molecule has 1 rings (SSSR count). The van der Waals surface area contributed by atoms with Crippen LogP contribution < -0.4 is 0 Å². The lowest BCUT2D eigenvalue weighted by Gasteiger charge is -2.06. The van der Waals surface area contributed by atoms with Gasteiger partial charge < -0.3 is 0 Å². The Balaban J connectivity index is 2.16. The Morgan fingerprint density at radius 2 is 1.93 bits per heavy atom. The van der Waals surface area contributed by atoms with E-state index < -0.39 is 0 Å². The molecule has 0 aliphatic carbocycles. The summed E-state index contributed by atoms with van der Waals surface area (Å²) in [6.45, 7) is 4.39. The number of unbranched alkanes of at least 4 members (excludes halogenated alkanes) is 4. The molecular weight excluding hydrogens is 224 g/mol. The lowest BCUT2D eigenvalue weighted by molar-refractivity contribution is 0.603. The van der Waals surface area contributed by atoms with Gasteiger partial charge in [-0.2, -0.15) is 0 Å². The minimum atomic E-state index is 0.241. The number of halogens is 1. The fourth-order valence-electron chi connectivity index (χ4n) is 1.69. The average molecular weight is 245 g/mol. The highest BCUT2D eigenvalue weighted by Crippen LogP contribution is 2.31. The fourth-order valence-corrected chi connectivity index (χ4v) is 2.94. The van der Waals surface area contributed by atoms with Crippen molar-refractivity contribution in [2.75, 3.05) is 0 Å². The zero-order valence-corrected chi connectivity index (χ0v) is 11.3. The summed E-state index contributed by atoms with van der Waals surface area (Å²) in [5, 5.41) is 0.241. The molecule has 1 aromatic rings. The quantitative estimate of drug-likeness (QED) is 0.427. The molecule has 0 aliphatic heterocycles. The molecule has 0 nitrogen and oxygen atoms in total. The highest BCUT2D eigenvalue weighted by Gasteiger charge is 2.09. The smallest absolute Gasteiger partial charge is 0.0678 e. The lowest BCUT2D eigenvalue weighted by Crippen LogP contribution is -1.87. The Kier molecular flexibility index (Phi) is 6.35. The van der Waals surface area contributed by atoms with Gasteiger partial charge in [-0.05, 0) is 25.5 Å². The summed E-state index contributed by atoms with van der Waals surface area (Å²) in [6.07, 6.45) is 7.78. The van der Waals surface area contributed by atoms with Gasteiger partial charge in [0.15, 0.2) is 0 Å². The molecule has 0 bridgehead atoms. The summed E-state index contributed by atoms with van der Waals surface area (Å²) in [7, 11) is 0. The van der Waals surface area contributed by atoms with Crippen LogP contribution in [0.25, 0.3) is 0 Å². The molecule has 1 heterocycles. The zero-order chi connectivity index (χ0) is 11.1. The van der Waals surface area contributed by atoms with Gasteiger partial charge in [0, 0.05) is 9.75 Å². The van der Waals surface area contributed by atoms with Crippen molar-refractivity contribution in [3.8, 4) is 0 Å². The van der Waals surface area contributed by atoms with Gasteiger partial charge in [-0.1, -0.05) is 39.0 Å². The van der Waals surface area contributed by atoms with Gasteiger partial charge in [-0.3, -0.25) is 0 Å². The third-order valence-corrected chi connectivity index (χ3v) is 4.33. The topological polar surface area (TPSA) is 0 Å². The van der Waals surface area contributed by atoms with Gasteiger partial charge in [0.2, 0.25) is 0 Å². The van der Waals surface area contributed by atoms with E-state index in [0.29, 0.717) is 0 Å². The zero-order valence-electron chi connectivity index (χ0n) is 9.76. The van der Waals surface area contributed by atoms with Crippen molar-refractivity contribution in [2.45, 2.75) is 57.7 Å². The third-order valence-electron chi connectivity index (χ3n) is 2.63. The van der Waals surface area contributed by atoms with Gasteiger partial charge in [-0.15, -0.1) is 22.9 Å². The standard InChI is InChI=1S/C13H21ClS/c1-3-4-5-6-7-8-12(14)13-10-9-11(2)15-13/h9-10,12H,3-8H2,1-2H3. The molecule has 1 unspecified atom stereocenters. The molecule has 15 heavy (non-hydrogen) atoms. The first-order valence-corrected chi connectivity index (χ1v) is 7.19. The number of hydrogen-bond donors (Lipinski definition) is 0. The molecule has 0 fully saturated rings. The maximum Gasteiger partial charge on any atom is 0.0678 e. The van der Waals surface area contributed by atoms with E-state index >= 15 is 0 Å². The number of aryl methyl sites for hydroxylation is 1. The summed E-state index contributed by atoms with van der Waals surface area (Å²) >= 11 is 8.17. The second-order valence-electron chi connectivity index (χ2n) is 4.12. The Bertz CT molecular complexity index is 267. The number of hydrogen-bond acceptors (Lipinski definition) is 1. The lowest BCUT2D eigenvalue weighted by atomic mass is 10.1. The first-order valence-electron chi connectivity index (χ1n) is 5.94. The fraction of sp³-hybridized carbons (Fsp3) is 0.692. The first-order chi connectivity index (χ1) is 7.24. The third kappa shape index (κ3) is 5.03. The molecule has 0 saturated carbocycles. The summed E-state index contributed by atoms with van der Waals surface area (Å²) in [6, 6.07) is 4.33. The number of thiophene rings is 1. The van der Waals surface area contributed by atoms with Crippen molar-refractivity contribution in [2.24, 2.45) is 0 Å². The molecule has 0 radical (unpaired) electrons. The van der Waals surface area contributed by atoms with Crippen LogP contribution in [-0.2, 0) is 0 Å². The first kappa shape index (κ1) is 13.1. The van der Waals surface area contributed by atoms with E-state index in [1.165, 1.54) is 41.9 Å². The minimum absolute atomic E-state index is 0.241. The molecule has 0 amide bonds. The van der Waals surface area contributed by atoms with E-state index in [0.717, 1.165) is 6.42 Å². The van der Waals surface area contributed by atoms with Gasteiger partial charge in [-0.25, -0.2) is 0 Å². The normalized spacial score (nSPS) is 13.0. The largest absolute Gasteiger partial charge is 0.144 e. The van der Waals surface area contributed by atoms with Gasteiger partial charge >= 0.3 is 0 Å². The summed E-state index contributed by atoms with van der Waals surface area (Å²) in [5.74, 6) is 0. The Hall–Kier alpha value is -0.0100. The molecule has 1 atom stereocenters. The van der Waals surface area contributed by atoms with Crippen LogP contribution in [-0.4, -0.2) is 0 Å². The highest BCUT2D eigenvalue weighted by atomic mass is 35.5. The predicted octanol–water partition coefficient (Wildman–Crippen LogP) is 5.70. The number of alkyl halides is 1. The molecule has 0 saturated heterocycles. The van der Waals surface area contributed by atoms with Crippen LogP contribution in [0.3, 0.4) is 0 Å². The molecule has 1 aromatic heterocycles. The average Bonchev–Trinajstić information content (AvgIpc) is 2.64. The van der Waals surface area contributed by atoms with Gasteiger partial charge in [0.25, 0.3) is 0 Å². The van der Waals surface area contributed by atoms with E-state index in [1.807, 2.05) is 11.3 Å². The molecule has 86 valence electrons. The van der Waals surface area contributed by atoms with Crippen molar-refractivity contribution in [1.82, 2.24) is 0 Å². The van der Waals surface area contributed by atoms with Crippen molar-refractivity contribution < 1.29 is 0 Å². The maximum absolute atomic E-state index is 6.34. The van der Waals surface area contributed by atoms with Crippen LogP contribution >= 0.6 is 22.9 Å². The predicted molar refractivity (Wildman–Crippen MR) is 71.0 cm³/mol. The van der Waals surface area contributed by atoms with Gasteiger partial charge in [0.05, 0.1) is 5.38 Å². The molecule has 0 aromatic carbocycles. The summed E-state index contributed by atoms with van der Waals surface area (Å²) in [4.78, 5) is 2.70. The van der Waals surface area contributed by atoms with Crippen LogP contribution in [0.5, 0.6) is 0 Å². The van der Waals surface area contributed by atoms with Crippen molar-refractivity contribution in [1.29, 1.82) is 0 Å². The second-order valence-corrected chi connectivity index (χ2v) is 5.97. The molecule has 0 aliphatic rings. The molecule has 0 N–H and O–H groups in total. The minimum Gasteiger partial charge on any atom is -0.144 e. The van der Waals surface area contributed by atoms with Gasteiger partial charge in [0.1, 0.15) is 0 Å². The monoisotopic (exact) mass is 244 g/mol. The Morgan fingerprint density at radius 1 is 1.20 bits per heavy atom. The van der Waals surface area contributed by atoms with Crippen LogP contribution in [0.4, 0.5) is 0 Å². The number of rotatable bonds is 7.